The van der Waals surface area contributed by atoms with E-state index < -0.39 is 0 Å². The first kappa shape index (κ1) is 10.1. The summed E-state index contributed by atoms with van der Waals surface area (Å²) in [6.07, 6.45) is 0.870. The third-order valence-corrected chi connectivity index (χ3v) is 1.71. The van der Waals surface area contributed by atoms with Crippen molar-refractivity contribution in [3.63, 3.8) is 0 Å². The third-order valence-electron chi connectivity index (χ3n) is 1.71. The van der Waals surface area contributed by atoms with Crippen LogP contribution in [0.3, 0.4) is 0 Å². The van der Waals surface area contributed by atoms with Crippen molar-refractivity contribution in [3.05, 3.63) is 23.3 Å². The molecule has 0 spiro atoms. The van der Waals surface area contributed by atoms with Crippen LogP contribution in [-0.4, -0.2) is 15.1 Å². The number of aliphatic hydroxyl groups is 1. The summed E-state index contributed by atoms with van der Waals surface area (Å²) < 4.78 is 0. The van der Waals surface area contributed by atoms with Gasteiger partial charge in [0.15, 0.2) is 0 Å². The van der Waals surface area contributed by atoms with Crippen molar-refractivity contribution in [2.45, 2.75) is 33.8 Å². The molecule has 0 radical (unpaired) electrons. The first-order valence-corrected chi connectivity index (χ1v) is 4.56. The van der Waals surface area contributed by atoms with E-state index in [9.17, 15) is 0 Å². The Morgan fingerprint density at radius 3 is 2.62 bits per heavy atom. The normalized spacial score (nSPS) is 10.8. The first-order chi connectivity index (χ1) is 6.11. The van der Waals surface area contributed by atoms with Crippen LogP contribution in [0.2, 0.25) is 0 Å². The lowest BCUT2D eigenvalue weighted by atomic mass is 10.1. The summed E-state index contributed by atoms with van der Waals surface area (Å²) in [7, 11) is 0. The Morgan fingerprint density at radius 1 is 1.38 bits per heavy atom. The highest BCUT2D eigenvalue weighted by molar-refractivity contribution is 5.09. The van der Waals surface area contributed by atoms with Gasteiger partial charge in [-0.3, -0.25) is 0 Å². The van der Waals surface area contributed by atoms with E-state index in [1.54, 1.807) is 0 Å². The van der Waals surface area contributed by atoms with Gasteiger partial charge in [0.05, 0.1) is 12.3 Å². The van der Waals surface area contributed by atoms with Crippen LogP contribution in [0.25, 0.3) is 0 Å². The van der Waals surface area contributed by atoms with Gasteiger partial charge in [0, 0.05) is 12.1 Å². The predicted octanol–water partition coefficient (Wildman–Crippen LogP) is 1.48. The molecule has 0 atom stereocenters. The molecule has 0 amide bonds. The van der Waals surface area contributed by atoms with E-state index in [-0.39, 0.29) is 6.61 Å². The van der Waals surface area contributed by atoms with Crippen molar-refractivity contribution < 1.29 is 5.11 Å². The Morgan fingerprint density at radius 2 is 2.08 bits per heavy atom. The largest absolute Gasteiger partial charge is 0.390 e. The van der Waals surface area contributed by atoms with E-state index in [1.165, 1.54) is 0 Å². The van der Waals surface area contributed by atoms with Gasteiger partial charge in [-0.2, -0.15) is 0 Å². The SMILES string of the molecule is Cc1cc(CO)nc(CC(C)C)n1. The van der Waals surface area contributed by atoms with E-state index >= 15 is 0 Å². The molecule has 0 bridgehead atoms. The lowest BCUT2D eigenvalue weighted by molar-refractivity contribution is 0.276. The maximum Gasteiger partial charge on any atom is 0.129 e. The van der Waals surface area contributed by atoms with Crippen LogP contribution in [0.5, 0.6) is 0 Å². The Labute approximate surface area is 78.9 Å². The summed E-state index contributed by atoms with van der Waals surface area (Å²) in [6.45, 7) is 6.17. The van der Waals surface area contributed by atoms with E-state index in [0.717, 1.165) is 17.9 Å². The van der Waals surface area contributed by atoms with Gasteiger partial charge >= 0.3 is 0 Å². The predicted molar refractivity (Wildman–Crippen MR) is 51.2 cm³/mol. The molecule has 1 N–H and O–H groups in total. The summed E-state index contributed by atoms with van der Waals surface area (Å²) in [5.74, 6) is 1.38. The fourth-order valence-electron chi connectivity index (χ4n) is 1.24. The summed E-state index contributed by atoms with van der Waals surface area (Å²) in [5.41, 5.74) is 1.64. The van der Waals surface area contributed by atoms with E-state index in [2.05, 4.69) is 23.8 Å². The standard InChI is InChI=1S/C10H16N2O/c1-7(2)4-10-11-8(3)5-9(6-13)12-10/h5,7,13H,4,6H2,1-3H3. The lowest BCUT2D eigenvalue weighted by Crippen LogP contribution is -2.04. The lowest BCUT2D eigenvalue weighted by Gasteiger charge is -2.05. The van der Waals surface area contributed by atoms with Gasteiger partial charge in [0.2, 0.25) is 0 Å². The van der Waals surface area contributed by atoms with Crippen molar-refractivity contribution in [1.29, 1.82) is 0 Å². The van der Waals surface area contributed by atoms with Crippen LogP contribution in [0.1, 0.15) is 31.1 Å². The maximum absolute atomic E-state index is 8.93. The zero-order valence-corrected chi connectivity index (χ0v) is 8.41. The van der Waals surface area contributed by atoms with Gasteiger partial charge in [-0.05, 0) is 18.9 Å². The summed E-state index contributed by atoms with van der Waals surface area (Å²) >= 11 is 0. The van der Waals surface area contributed by atoms with E-state index in [0.29, 0.717) is 11.6 Å². The molecule has 72 valence electrons. The van der Waals surface area contributed by atoms with Gasteiger partial charge in [0.25, 0.3) is 0 Å². The number of aromatic nitrogens is 2. The molecule has 1 heterocycles. The molecule has 0 aliphatic heterocycles. The van der Waals surface area contributed by atoms with Crippen LogP contribution in [0.4, 0.5) is 0 Å². The Balaban J connectivity index is 2.88. The second-order valence-corrected chi connectivity index (χ2v) is 3.67. The van der Waals surface area contributed by atoms with Crippen molar-refractivity contribution in [1.82, 2.24) is 9.97 Å². The second-order valence-electron chi connectivity index (χ2n) is 3.67. The molecule has 0 saturated heterocycles. The fraction of sp³-hybridized carbons (Fsp3) is 0.600. The number of rotatable bonds is 3. The number of hydrogen-bond donors (Lipinski definition) is 1. The molecule has 0 aliphatic rings. The summed E-state index contributed by atoms with van der Waals surface area (Å²) in [5, 5.41) is 8.93. The Hall–Kier alpha value is -0.960. The second kappa shape index (κ2) is 4.33. The minimum Gasteiger partial charge on any atom is -0.390 e. The van der Waals surface area contributed by atoms with Crippen LogP contribution in [0, 0.1) is 12.8 Å². The Kier molecular flexibility index (Phi) is 3.37. The number of nitrogens with zero attached hydrogens (tertiary/aromatic N) is 2. The van der Waals surface area contributed by atoms with Crippen LogP contribution in [0.15, 0.2) is 6.07 Å². The molecule has 0 aromatic carbocycles. The molecule has 3 heteroatoms. The number of hydrogen-bond acceptors (Lipinski definition) is 3. The van der Waals surface area contributed by atoms with Gasteiger partial charge < -0.3 is 5.11 Å². The minimum absolute atomic E-state index is 0.00550. The van der Waals surface area contributed by atoms with E-state index in [1.807, 2.05) is 13.0 Å². The molecule has 0 aliphatic carbocycles. The highest BCUT2D eigenvalue weighted by atomic mass is 16.3. The summed E-state index contributed by atoms with van der Waals surface area (Å²) in [6, 6.07) is 1.81. The fourth-order valence-corrected chi connectivity index (χ4v) is 1.24. The molecular weight excluding hydrogens is 164 g/mol. The molecular formula is C10H16N2O. The molecule has 0 unspecified atom stereocenters. The van der Waals surface area contributed by atoms with Gasteiger partial charge in [-0.15, -0.1) is 0 Å². The molecule has 13 heavy (non-hydrogen) atoms. The van der Waals surface area contributed by atoms with Gasteiger partial charge in [-0.25, -0.2) is 9.97 Å². The summed E-state index contributed by atoms with van der Waals surface area (Å²) in [4.78, 5) is 8.53. The topological polar surface area (TPSA) is 46.0 Å². The minimum atomic E-state index is -0.00550. The molecule has 1 rings (SSSR count). The van der Waals surface area contributed by atoms with Crippen molar-refractivity contribution >= 4 is 0 Å². The Bertz CT molecular complexity index is 284. The third kappa shape index (κ3) is 3.11. The van der Waals surface area contributed by atoms with Crippen LogP contribution in [-0.2, 0) is 13.0 Å². The van der Waals surface area contributed by atoms with Gasteiger partial charge in [-0.1, -0.05) is 13.8 Å². The van der Waals surface area contributed by atoms with Crippen molar-refractivity contribution in [3.8, 4) is 0 Å². The molecule has 1 aromatic rings. The zero-order chi connectivity index (χ0) is 9.84. The quantitative estimate of drug-likeness (QED) is 0.766. The molecule has 0 fully saturated rings. The average molecular weight is 180 g/mol. The maximum atomic E-state index is 8.93. The number of aliphatic hydroxyl groups excluding tert-OH is 1. The van der Waals surface area contributed by atoms with Crippen LogP contribution >= 0.6 is 0 Å². The van der Waals surface area contributed by atoms with Crippen molar-refractivity contribution in [2.75, 3.05) is 0 Å². The highest BCUT2D eigenvalue weighted by Gasteiger charge is 2.03. The van der Waals surface area contributed by atoms with Crippen LogP contribution < -0.4 is 0 Å². The monoisotopic (exact) mass is 180 g/mol. The highest BCUT2D eigenvalue weighted by Crippen LogP contribution is 2.05. The first-order valence-electron chi connectivity index (χ1n) is 4.56. The molecule has 0 saturated carbocycles. The smallest absolute Gasteiger partial charge is 0.129 e. The number of aryl methyl sites for hydroxylation is 1. The van der Waals surface area contributed by atoms with Gasteiger partial charge in [0.1, 0.15) is 5.82 Å². The zero-order valence-electron chi connectivity index (χ0n) is 8.41. The molecule has 3 nitrogen and oxygen atoms in total. The van der Waals surface area contributed by atoms with Crippen molar-refractivity contribution in [2.24, 2.45) is 5.92 Å². The van der Waals surface area contributed by atoms with E-state index in [4.69, 9.17) is 5.11 Å². The average Bonchev–Trinajstić information content (AvgIpc) is 2.01. The molecule has 1 aromatic heterocycles.